The van der Waals surface area contributed by atoms with Crippen LogP contribution >= 0.6 is 0 Å². The van der Waals surface area contributed by atoms with Crippen molar-refractivity contribution < 1.29 is 22.5 Å². The van der Waals surface area contributed by atoms with E-state index in [1.807, 2.05) is 39.8 Å². The number of nitrogens with one attached hydrogen (secondary N) is 1. The van der Waals surface area contributed by atoms with Crippen molar-refractivity contribution in [3.8, 4) is 5.75 Å². The van der Waals surface area contributed by atoms with Gasteiger partial charge in [0.05, 0.1) is 23.2 Å². The van der Waals surface area contributed by atoms with Crippen LogP contribution in [0.5, 0.6) is 5.75 Å². The number of rotatable bonds is 6. The van der Waals surface area contributed by atoms with Gasteiger partial charge in [-0.3, -0.25) is 0 Å². The molecule has 28 heavy (non-hydrogen) atoms. The van der Waals surface area contributed by atoms with E-state index in [0.29, 0.717) is 0 Å². The predicted molar refractivity (Wildman–Crippen MR) is 109 cm³/mol. The van der Waals surface area contributed by atoms with Crippen LogP contribution in [0.3, 0.4) is 0 Å². The van der Waals surface area contributed by atoms with Crippen LogP contribution in [0.15, 0.2) is 53.4 Å². The summed E-state index contributed by atoms with van der Waals surface area (Å²) in [6.07, 6.45) is 0. The molecule has 1 aliphatic heterocycles. The topological polar surface area (TPSA) is 73.9 Å². The minimum Gasteiger partial charge on any atom is -0.497 e. The molecule has 0 bridgehead atoms. The fourth-order valence-corrected chi connectivity index (χ4v) is 3.81. The molecule has 0 radical (unpaired) electrons. The molecule has 0 spiro atoms. The number of ether oxygens (including phenoxy) is 1. The minimum absolute atomic E-state index is 0.196. The Morgan fingerprint density at radius 2 is 1.46 bits per heavy atom. The highest BCUT2D eigenvalue weighted by atomic mass is 32.2. The van der Waals surface area contributed by atoms with Crippen molar-refractivity contribution in [2.24, 2.45) is 0 Å². The van der Waals surface area contributed by atoms with Crippen LogP contribution in [0.2, 0.25) is 0 Å². The lowest BCUT2D eigenvalue weighted by atomic mass is 9.79. The predicted octanol–water partition coefficient (Wildman–Crippen LogP) is 2.47. The normalized spacial score (nSPS) is 18.2. The van der Waals surface area contributed by atoms with Crippen LogP contribution in [0.1, 0.15) is 33.3 Å². The van der Waals surface area contributed by atoms with Crippen molar-refractivity contribution >= 4 is 22.6 Å². The summed E-state index contributed by atoms with van der Waals surface area (Å²) >= 11 is 0. The van der Waals surface area contributed by atoms with Crippen molar-refractivity contribution in [3.05, 3.63) is 54.1 Å². The monoisotopic (exact) mass is 403 g/mol. The molecular weight excluding hydrogens is 377 g/mol. The maximum absolute atomic E-state index is 12.6. The summed E-state index contributed by atoms with van der Waals surface area (Å²) in [5, 5.41) is 0. The fraction of sp³-hybridized carbons (Fsp3) is 0.400. The number of sulfonamides is 1. The van der Waals surface area contributed by atoms with E-state index in [-0.39, 0.29) is 11.4 Å². The second-order valence-electron chi connectivity index (χ2n) is 7.83. The average Bonchev–Trinajstić information content (AvgIpc) is 2.88. The fourth-order valence-electron chi connectivity index (χ4n) is 2.79. The maximum Gasteiger partial charge on any atom is 0.494 e. The van der Waals surface area contributed by atoms with Crippen molar-refractivity contribution in [1.29, 1.82) is 0 Å². The summed E-state index contributed by atoms with van der Waals surface area (Å²) in [6, 6.07) is 13.8. The molecule has 2 aromatic carbocycles. The Kier molecular flexibility index (Phi) is 5.60. The van der Waals surface area contributed by atoms with Crippen molar-refractivity contribution in [3.63, 3.8) is 0 Å². The summed E-state index contributed by atoms with van der Waals surface area (Å²) in [5.74, 6) is 0.727. The zero-order valence-corrected chi connectivity index (χ0v) is 17.7. The first-order valence-electron chi connectivity index (χ1n) is 9.12. The number of methoxy groups -OCH3 is 1. The summed E-state index contributed by atoms with van der Waals surface area (Å²) in [6.45, 7) is 8.12. The van der Waals surface area contributed by atoms with Crippen LogP contribution in [0, 0.1) is 0 Å². The Balaban J connectivity index is 1.68. The van der Waals surface area contributed by atoms with E-state index in [1.165, 1.54) is 0 Å². The van der Waals surface area contributed by atoms with E-state index >= 15 is 0 Å². The van der Waals surface area contributed by atoms with Crippen molar-refractivity contribution in [2.45, 2.75) is 50.3 Å². The molecule has 0 aromatic heterocycles. The van der Waals surface area contributed by atoms with Gasteiger partial charge in [-0.25, -0.2) is 13.1 Å². The molecule has 8 heteroatoms. The van der Waals surface area contributed by atoms with Crippen LogP contribution < -0.4 is 14.9 Å². The SMILES string of the molecule is COc1ccc(CNS(=O)(=O)c2ccc(B3OC(C)(C)C(C)(C)O3)cc2)cc1. The number of benzene rings is 2. The van der Waals surface area contributed by atoms with Crippen LogP contribution in [0.25, 0.3) is 0 Å². The van der Waals surface area contributed by atoms with Gasteiger partial charge in [-0.15, -0.1) is 0 Å². The number of hydrogen-bond acceptors (Lipinski definition) is 5. The third kappa shape index (κ3) is 4.25. The molecule has 1 aliphatic rings. The quantitative estimate of drug-likeness (QED) is 0.751. The molecule has 6 nitrogen and oxygen atoms in total. The summed E-state index contributed by atoms with van der Waals surface area (Å²) in [7, 11) is -2.55. The average molecular weight is 403 g/mol. The van der Waals surface area contributed by atoms with Crippen LogP contribution in [-0.2, 0) is 25.9 Å². The summed E-state index contributed by atoms with van der Waals surface area (Å²) < 4.78 is 44.9. The first-order chi connectivity index (χ1) is 13.0. The Labute approximate surface area is 167 Å². The van der Waals surface area contributed by atoms with E-state index < -0.39 is 28.3 Å². The van der Waals surface area contributed by atoms with Gasteiger partial charge in [0.1, 0.15) is 5.75 Å². The highest BCUT2D eigenvalue weighted by Crippen LogP contribution is 2.36. The van der Waals surface area contributed by atoms with E-state index in [4.69, 9.17) is 14.0 Å². The van der Waals surface area contributed by atoms with Gasteiger partial charge in [-0.2, -0.15) is 0 Å². The van der Waals surface area contributed by atoms with Gasteiger partial charge in [0.15, 0.2) is 0 Å². The molecule has 0 atom stereocenters. The molecule has 1 N–H and O–H groups in total. The molecule has 0 unspecified atom stereocenters. The Hall–Kier alpha value is -1.87. The molecule has 0 saturated carbocycles. The molecule has 3 rings (SSSR count). The molecular formula is C20H26BNO5S. The molecule has 1 heterocycles. The highest BCUT2D eigenvalue weighted by Gasteiger charge is 2.51. The zero-order chi connectivity index (χ0) is 20.6. The third-order valence-electron chi connectivity index (χ3n) is 5.34. The molecule has 150 valence electrons. The molecule has 1 fully saturated rings. The van der Waals surface area contributed by atoms with Crippen molar-refractivity contribution in [2.75, 3.05) is 7.11 Å². The zero-order valence-electron chi connectivity index (χ0n) is 16.9. The lowest BCUT2D eigenvalue weighted by Crippen LogP contribution is -2.41. The van der Waals surface area contributed by atoms with Gasteiger partial charge < -0.3 is 14.0 Å². The molecule has 0 amide bonds. The van der Waals surface area contributed by atoms with Gasteiger partial charge in [0.25, 0.3) is 0 Å². The first kappa shape index (κ1) is 20.9. The lowest BCUT2D eigenvalue weighted by Gasteiger charge is -2.32. The van der Waals surface area contributed by atoms with Gasteiger partial charge >= 0.3 is 7.12 Å². The second kappa shape index (κ2) is 7.52. The van der Waals surface area contributed by atoms with Gasteiger partial charge in [-0.05, 0) is 63.0 Å². The van der Waals surface area contributed by atoms with E-state index in [1.54, 1.807) is 43.5 Å². The van der Waals surface area contributed by atoms with E-state index in [9.17, 15) is 8.42 Å². The second-order valence-corrected chi connectivity index (χ2v) is 9.60. The van der Waals surface area contributed by atoms with Gasteiger partial charge in [-0.1, -0.05) is 24.3 Å². The van der Waals surface area contributed by atoms with Gasteiger partial charge in [0, 0.05) is 6.54 Å². The maximum atomic E-state index is 12.6. The Morgan fingerprint density at radius 3 is 1.96 bits per heavy atom. The van der Waals surface area contributed by atoms with Crippen LogP contribution in [-0.4, -0.2) is 33.8 Å². The van der Waals surface area contributed by atoms with Crippen molar-refractivity contribution in [1.82, 2.24) is 4.72 Å². The number of hydrogen-bond donors (Lipinski definition) is 1. The standard InChI is InChI=1S/C20H26BNO5S/c1-19(2)20(3,4)27-21(26-19)16-8-12-18(13-9-16)28(23,24)22-14-15-6-10-17(25-5)11-7-15/h6-13,22H,14H2,1-5H3. The summed E-state index contributed by atoms with van der Waals surface area (Å²) in [4.78, 5) is 0.196. The minimum atomic E-state index is -3.62. The molecule has 0 aliphatic carbocycles. The Morgan fingerprint density at radius 1 is 0.929 bits per heavy atom. The molecule has 1 saturated heterocycles. The third-order valence-corrected chi connectivity index (χ3v) is 6.76. The highest BCUT2D eigenvalue weighted by molar-refractivity contribution is 7.89. The molecule has 2 aromatic rings. The smallest absolute Gasteiger partial charge is 0.494 e. The van der Waals surface area contributed by atoms with Gasteiger partial charge in [0.2, 0.25) is 10.0 Å². The Bertz CT molecular complexity index is 908. The van der Waals surface area contributed by atoms with E-state index in [2.05, 4.69) is 4.72 Å². The largest absolute Gasteiger partial charge is 0.497 e. The van der Waals surface area contributed by atoms with Crippen LogP contribution in [0.4, 0.5) is 0 Å². The summed E-state index contributed by atoms with van der Waals surface area (Å²) in [5.41, 5.74) is 0.746. The van der Waals surface area contributed by atoms with E-state index in [0.717, 1.165) is 16.8 Å². The lowest BCUT2D eigenvalue weighted by molar-refractivity contribution is 0.00578. The first-order valence-corrected chi connectivity index (χ1v) is 10.6.